The number of nitrogen functional groups attached to an aromatic ring is 1. The number of carbonyl (C=O) groups excluding carboxylic acids is 1. The molecule has 1 unspecified atom stereocenters. The van der Waals surface area contributed by atoms with Gasteiger partial charge < -0.3 is 25.0 Å². The topological polar surface area (TPSA) is 152 Å². The zero-order chi connectivity index (χ0) is 39.3. The van der Waals surface area contributed by atoms with E-state index in [0.717, 1.165) is 35.4 Å². The summed E-state index contributed by atoms with van der Waals surface area (Å²) in [7, 11) is 0. The Labute approximate surface area is 332 Å². The number of morpholine rings is 1. The molecule has 4 atom stereocenters. The average Bonchev–Trinajstić information content (AvgIpc) is 3.92. The first-order chi connectivity index (χ1) is 26.8. The van der Waals surface area contributed by atoms with Crippen molar-refractivity contribution in [3.8, 4) is 23.2 Å². The fraction of sp³-hybridized carbons (Fsp3) is 0.459. The van der Waals surface area contributed by atoms with Gasteiger partial charge in [0.15, 0.2) is 5.82 Å². The number of anilines is 2. The van der Waals surface area contributed by atoms with Gasteiger partial charge in [0.25, 0.3) is 0 Å². The Balaban J connectivity index is 1.15. The summed E-state index contributed by atoms with van der Waals surface area (Å²) in [5, 5.41) is 14.4. The van der Waals surface area contributed by atoms with E-state index >= 15 is 8.78 Å². The summed E-state index contributed by atoms with van der Waals surface area (Å²) >= 11 is 13.8. The van der Waals surface area contributed by atoms with Crippen LogP contribution in [0.4, 0.5) is 28.8 Å². The molecule has 0 radical (unpaired) electrons. The summed E-state index contributed by atoms with van der Waals surface area (Å²) in [6.45, 7) is 6.27. The van der Waals surface area contributed by atoms with Crippen molar-refractivity contribution < 1.29 is 27.4 Å². The van der Waals surface area contributed by atoms with E-state index in [1.54, 1.807) is 11.0 Å². The molecule has 3 aromatic heterocycles. The van der Waals surface area contributed by atoms with Gasteiger partial charge in [0.1, 0.15) is 52.9 Å². The van der Waals surface area contributed by atoms with Crippen LogP contribution in [0.15, 0.2) is 24.5 Å². The molecule has 292 valence electrons. The number of alkyl halides is 1. The maximum Gasteiger partial charge on any atom is 0.346 e. The van der Waals surface area contributed by atoms with E-state index in [1.807, 2.05) is 24.8 Å². The number of fused-ring (bicyclic) bond motifs is 3. The molecule has 7 heterocycles. The number of thiophene rings is 1. The van der Waals surface area contributed by atoms with Gasteiger partial charge in [0, 0.05) is 35.8 Å². The first-order valence-corrected chi connectivity index (χ1v) is 19.8. The van der Waals surface area contributed by atoms with Crippen LogP contribution < -0.4 is 15.4 Å². The fourth-order valence-electron chi connectivity index (χ4n) is 9.40. The van der Waals surface area contributed by atoms with E-state index in [0.29, 0.717) is 25.3 Å². The Hall–Kier alpha value is -4.47. The Kier molecular flexibility index (Phi) is 9.01. The minimum atomic E-state index is -0.986. The van der Waals surface area contributed by atoms with Gasteiger partial charge in [0.2, 0.25) is 5.28 Å². The summed E-state index contributed by atoms with van der Waals surface area (Å²) < 4.78 is 61.0. The number of hydrogen-bond donors (Lipinski definition) is 1. The van der Waals surface area contributed by atoms with Gasteiger partial charge in [-0.2, -0.15) is 19.9 Å². The van der Waals surface area contributed by atoms with Crippen molar-refractivity contribution in [3.05, 3.63) is 52.0 Å². The molecule has 4 aliphatic rings. The highest BCUT2D eigenvalue weighted by atomic mass is 35.5. The van der Waals surface area contributed by atoms with Crippen LogP contribution in [0.3, 0.4) is 0 Å². The Morgan fingerprint density at radius 1 is 1.23 bits per heavy atom. The minimum absolute atomic E-state index is 0.0174. The number of nitrogens with two attached hydrogens (primary N) is 1. The normalized spacial score (nSPS) is 25.1. The number of ether oxygens (including phenoxy) is 2. The summed E-state index contributed by atoms with van der Waals surface area (Å²) in [6.07, 6.45) is 2.23. The minimum Gasteiger partial charge on any atom is -0.461 e. The van der Waals surface area contributed by atoms with E-state index in [4.69, 9.17) is 43.4 Å². The predicted octanol–water partition coefficient (Wildman–Crippen LogP) is 6.68. The van der Waals surface area contributed by atoms with Crippen LogP contribution in [0.5, 0.6) is 6.01 Å². The monoisotopic (exact) mass is 826 g/mol. The quantitative estimate of drug-likeness (QED) is 0.195. The summed E-state index contributed by atoms with van der Waals surface area (Å²) in [5.41, 5.74) is 4.73. The van der Waals surface area contributed by atoms with Gasteiger partial charge >= 0.3 is 12.0 Å². The number of nitriles is 1. The number of likely N-dealkylation sites (tertiary alicyclic amines) is 1. The van der Waals surface area contributed by atoms with E-state index < -0.39 is 35.0 Å². The van der Waals surface area contributed by atoms with Crippen molar-refractivity contribution >= 4 is 72.4 Å². The standard InChI is InChI=1S/C37H35Cl2F3N10O3S/c1-18(2)30-37(15-51(30)35(53)52-17-45-33(39)48-52)14-49(8-9-55-37)32-21-10-23(38)26(20-4-5-24(41)29-25(20)22(12-43)31(44)56-29)27(42)28(21)46-34(47-32)54-16-36-6-3-7-50(36)13-19(40)11-36/h4-5,10,17-19,30H,3,6-9,11,13-16,44H2,1-2H3/t19-,30?,36+,37-/m1/s1. The first-order valence-electron chi connectivity index (χ1n) is 18.2. The maximum absolute atomic E-state index is 17.3. The fourth-order valence-corrected chi connectivity index (χ4v) is 10.8. The Morgan fingerprint density at radius 3 is 2.80 bits per heavy atom. The third-order valence-electron chi connectivity index (χ3n) is 11.6. The smallest absolute Gasteiger partial charge is 0.346 e. The molecule has 5 aromatic rings. The van der Waals surface area contributed by atoms with Gasteiger partial charge in [-0.05, 0) is 54.6 Å². The van der Waals surface area contributed by atoms with Gasteiger partial charge in [-0.25, -0.2) is 22.9 Å². The van der Waals surface area contributed by atoms with Crippen molar-refractivity contribution in [1.29, 1.82) is 5.26 Å². The molecule has 9 rings (SSSR count). The number of aromatic nitrogens is 5. The number of amides is 1. The molecule has 1 spiro atoms. The number of hydrogen-bond acceptors (Lipinski definition) is 12. The molecule has 2 N–H and O–H groups in total. The molecule has 1 amide bonds. The maximum atomic E-state index is 17.3. The van der Waals surface area contributed by atoms with Crippen molar-refractivity contribution in [2.45, 2.75) is 56.5 Å². The molecular formula is C37H35Cl2F3N10O3S. The van der Waals surface area contributed by atoms with Gasteiger partial charge in [-0.1, -0.05) is 31.5 Å². The lowest BCUT2D eigenvalue weighted by Gasteiger charge is -2.61. The van der Waals surface area contributed by atoms with Crippen LogP contribution in [0.25, 0.3) is 32.1 Å². The van der Waals surface area contributed by atoms with E-state index in [9.17, 15) is 14.4 Å². The summed E-state index contributed by atoms with van der Waals surface area (Å²) in [5.74, 6) is -1.15. The third kappa shape index (κ3) is 5.74. The Bertz CT molecular complexity index is 2480. The molecule has 13 nitrogen and oxygen atoms in total. The zero-order valence-corrected chi connectivity index (χ0v) is 32.6. The summed E-state index contributed by atoms with van der Waals surface area (Å²) in [4.78, 5) is 32.6. The molecular weight excluding hydrogens is 792 g/mol. The van der Waals surface area contributed by atoms with Gasteiger partial charge in [0.05, 0.1) is 46.6 Å². The number of nitrogens with zero attached hydrogens (tertiary/aromatic N) is 9. The van der Waals surface area contributed by atoms with Gasteiger partial charge in [-0.3, -0.25) is 4.90 Å². The molecule has 0 saturated carbocycles. The summed E-state index contributed by atoms with van der Waals surface area (Å²) in [6, 6.07) is 5.25. The molecule has 4 aliphatic heterocycles. The molecule has 56 heavy (non-hydrogen) atoms. The SMILES string of the molecule is CC(C)C1N(C(=O)n2cnc(Cl)n2)C[C@]12CN(c1nc(OC[C@@]34CCCN3C[C@H](F)C4)nc3c(F)c(-c4ccc(F)c5sc(N)c(C#N)c45)c(Cl)cc13)CCO2. The van der Waals surface area contributed by atoms with Crippen LogP contribution >= 0.6 is 34.5 Å². The van der Waals surface area contributed by atoms with E-state index in [2.05, 4.69) is 20.0 Å². The second-order valence-electron chi connectivity index (χ2n) is 15.3. The highest BCUT2D eigenvalue weighted by molar-refractivity contribution is 7.23. The molecule has 2 aromatic carbocycles. The highest BCUT2D eigenvalue weighted by Gasteiger charge is 2.59. The van der Waals surface area contributed by atoms with Crippen LogP contribution in [0.2, 0.25) is 10.3 Å². The average molecular weight is 828 g/mol. The van der Waals surface area contributed by atoms with Crippen molar-refractivity contribution in [1.82, 2.24) is 34.5 Å². The first kappa shape index (κ1) is 37.1. The molecule has 4 fully saturated rings. The molecule has 0 aliphatic carbocycles. The zero-order valence-electron chi connectivity index (χ0n) is 30.2. The van der Waals surface area contributed by atoms with Crippen molar-refractivity contribution in [3.63, 3.8) is 0 Å². The number of halogens is 5. The van der Waals surface area contributed by atoms with Crippen LogP contribution in [0, 0.1) is 28.9 Å². The predicted molar refractivity (Wildman–Crippen MR) is 205 cm³/mol. The van der Waals surface area contributed by atoms with E-state index in [1.165, 1.54) is 18.5 Å². The highest BCUT2D eigenvalue weighted by Crippen LogP contribution is 2.47. The number of carbonyl (C=O) groups is 1. The van der Waals surface area contributed by atoms with Crippen molar-refractivity contribution in [2.75, 3.05) is 56.6 Å². The van der Waals surface area contributed by atoms with Gasteiger partial charge in [-0.15, -0.1) is 16.4 Å². The lowest BCUT2D eigenvalue weighted by atomic mass is 9.75. The van der Waals surface area contributed by atoms with Crippen LogP contribution in [0.1, 0.15) is 38.7 Å². The van der Waals surface area contributed by atoms with Crippen molar-refractivity contribution in [2.24, 2.45) is 5.92 Å². The number of rotatable bonds is 6. The second kappa shape index (κ2) is 13.6. The molecule has 4 saturated heterocycles. The lowest BCUT2D eigenvalue weighted by molar-refractivity contribution is -0.186. The van der Waals surface area contributed by atoms with E-state index in [-0.39, 0.29) is 97.3 Å². The lowest BCUT2D eigenvalue weighted by Crippen LogP contribution is -2.79. The molecule has 19 heteroatoms. The second-order valence-corrected chi connectivity index (χ2v) is 17.1. The van der Waals surface area contributed by atoms with Crippen LogP contribution in [-0.2, 0) is 4.74 Å². The Morgan fingerprint density at radius 2 is 2.05 bits per heavy atom. The largest absolute Gasteiger partial charge is 0.461 e. The molecule has 0 bridgehead atoms. The number of benzene rings is 2. The van der Waals surface area contributed by atoms with Crippen LogP contribution in [-0.4, -0.2) is 110 Å². The third-order valence-corrected chi connectivity index (χ3v) is 13.1.